The number of thiol groups is 1. The molecule has 0 saturated carbocycles. The van der Waals surface area contributed by atoms with Gasteiger partial charge in [0.1, 0.15) is 5.94 Å². The second-order valence-electron chi connectivity index (χ2n) is 8.68. The molecule has 6 heteroatoms. The third-order valence-electron chi connectivity index (χ3n) is 5.33. The van der Waals surface area contributed by atoms with E-state index in [-0.39, 0.29) is 11.3 Å². The lowest BCUT2D eigenvalue weighted by Crippen LogP contribution is -2.20. The third kappa shape index (κ3) is 10.7. The van der Waals surface area contributed by atoms with E-state index in [0.29, 0.717) is 5.94 Å². The Morgan fingerprint density at radius 1 is 1.12 bits per heavy atom. The molecular formula is C28H45N3O2S. The molecule has 0 radical (unpaired) electrons. The highest BCUT2D eigenvalue weighted by atomic mass is 32.1. The fourth-order valence-electron chi connectivity index (χ4n) is 3.00. The molecule has 0 aliphatic heterocycles. The Balaban J connectivity index is 0.000000613. The van der Waals surface area contributed by atoms with Crippen molar-refractivity contribution in [2.24, 2.45) is 4.99 Å². The molecular weight excluding hydrogens is 442 g/mol. The monoisotopic (exact) mass is 487 g/mol. The van der Waals surface area contributed by atoms with Crippen LogP contribution in [-0.4, -0.2) is 50.6 Å². The summed E-state index contributed by atoms with van der Waals surface area (Å²) in [5, 5.41) is 7.48. The maximum Gasteiger partial charge on any atom is 0.162 e. The standard InChI is InChI=1S/C14H23NO2S.C12H16N2.C2H6/c1-5-15(3)7-6-12-9-13(16-4)14(17-10-18)8-11(12)2;1-12(2,3)10-7-5-9(6-8-10)11(13)14-4;1-2/h8-9,18H,5-7,10H2,1-4H3;5-8,13H,4H2,1-3H3;1-2H3. The molecule has 0 unspecified atom stereocenters. The minimum absolute atomic E-state index is 0.155. The number of rotatable bonds is 8. The van der Waals surface area contributed by atoms with Gasteiger partial charge in [-0.25, -0.2) is 4.99 Å². The van der Waals surface area contributed by atoms with Crippen molar-refractivity contribution in [2.45, 2.75) is 60.3 Å². The normalized spacial score (nSPS) is 10.4. The van der Waals surface area contributed by atoms with E-state index in [2.05, 4.69) is 77.0 Å². The summed E-state index contributed by atoms with van der Waals surface area (Å²) in [4.78, 5) is 5.88. The van der Waals surface area contributed by atoms with Crippen LogP contribution in [0.3, 0.4) is 0 Å². The van der Waals surface area contributed by atoms with Gasteiger partial charge in [0.25, 0.3) is 0 Å². The van der Waals surface area contributed by atoms with Crippen molar-refractivity contribution < 1.29 is 9.47 Å². The molecule has 34 heavy (non-hydrogen) atoms. The highest BCUT2D eigenvalue weighted by molar-refractivity contribution is 7.80. The van der Waals surface area contributed by atoms with Crippen LogP contribution in [0.15, 0.2) is 41.4 Å². The topological polar surface area (TPSA) is 57.9 Å². The summed E-state index contributed by atoms with van der Waals surface area (Å²) < 4.78 is 10.8. The summed E-state index contributed by atoms with van der Waals surface area (Å²) >= 11 is 4.07. The van der Waals surface area contributed by atoms with Gasteiger partial charge in [-0.05, 0) is 67.9 Å². The van der Waals surface area contributed by atoms with E-state index in [1.807, 2.05) is 44.2 Å². The Labute approximate surface area is 213 Å². The summed E-state index contributed by atoms with van der Waals surface area (Å²) in [6, 6.07) is 12.0. The number of nitrogens with one attached hydrogen (secondary N) is 1. The lowest BCUT2D eigenvalue weighted by molar-refractivity contribution is 0.342. The van der Waals surface area contributed by atoms with Crippen molar-refractivity contribution >= 4 is 25.2 Å². The molecule has 2 aromatic carbocycles. The van der Waals surface area contributed by atoms with Gasteiger partial charge in [0.05, 0.1) is 7.11 Å². The zero-order valence-electron chi connectivity index (χ0n) is 22.7. The number of ether oxygens (including phenoxy) is 2. The molecule has 0 bridgehead atoms. The lowest BCUT2D eigenvalue weighted by atomic mass is 9.87. The number of likely N-dealkylation sites (N-methyl/N-ethyl adjacent to an activating group) is 1. The largest absolute Gasteiger partial charge is 0.493 e. The number of nitrogens with zero attached hydrogens (tertiary/aromatic N) is 2. The van der Waals surface area contributed by atoms with E-state index < -0.39 is 0 Å². The van der Waals surface area contributed by atoms with Crippen LogP contribution >= 0.6 is 12.6 Å². The number of methoxy groups -OCH3 is 1. The number of aliphatic imine (C=N–C) groups is 1. The van der Waals surface area contributed by atoms with Crippen molar-refractivity contribution in [1.29, 1.82) is 5.41 Å². The molecule has 0 spiro atoms. The second-order valence-corrected chi connectivity index (χ2v) is 8.94. The van der Waals surface area contributed by atoms with Gasteiger partial charge in [0, 0.05) is 12.1 Å². The molecule has 0 aliphatic rings. The second kappa shape index (κ2) is 16.3. The SMILES string of the molecule is C=NC(=N)c1ccc(C(C)(C)C)cc1.CC.CCN(C)CCc1cc(OC)c(OCS)cc1C. The molecule has 0 aromatic heterocycles. The highest BCUT2D eigenvalue weighted by Crippen LogP contribution is 2.31. The Bertz CT molecular complexity index is 874. The molecule has 0 heterocycles. The van der Waals surface area contributed by atoms with Crippen LogP contribution in [0.1, 0.15) is 63.8 Å². The number of amidine groups is 1. The van der Waals surface area contributed by atoms with Crippen molar-refractivity contribution in [1.82, 2.24) is 4.90 Å². The average Bonchev–Trinajstić information content (AvgIpc) is 2.84. The van der Waals surface area contributed by atoms with E-state index >= 15 is 0 Å². The third-order valence-corrected chi connectivity index (χ3v) is 5.46. The lowest BCUT2D eigenvalue weighted by Gasteiger charge is -2.18. The molecule has 190 valence electrons. The van der Waals surface area contributed by atoms with Crippen LogP contribution in [-0.2, 0) is 11.8 Å². The first-order chi connectivity index (χ1) is 16.1. The van der Waals surface area contributed by atoms with Crippen molar-refractivity contribution in [3.63, 3.8) is 0 Å². The summed E-state index contributed by atoms with van der Waals surface area (Å²) in [5.74, 6) is 2.13. The Hall–Kier alpha value is -2.31. The number of benzene rings is 2. The minimum Gasteiger partial charge on any atom is -0.493 e. The Morgan fingerprint density at radius 2 is 1.71 bits per heavy atom. The van der Waals surface area contributed by atoms with Crippen LogP contribution in [0.25, 0.3) is 0 Å². The van der Waals surface area contributed by atoms with Gasteiger partial charge in [0.2, 0.25) is 0 Å². The number of hydrogen-bond acceptors (Lipinski definition) is 5. The minimum atomic E-state index is 0.155. The summed E-state index contributed by atoms with van der Waals surface area (Å²) in [7, 11) is 3.79. The van der Waals surface area contributed by atoms with Crippen LogP contribution in [0.4, 0.5) is 0 Å². The van der Waals surface area contributed by atoms with Crippen molar-refractivity contribution in [3.05, 3.63) is 58.7 Å². The summed E-state index contributed by atoms with van der Waals surface area (Å²) in [6.45, 7) is 20.2. The smallest absolute Gasteiger partial charge is 0.162 e. The highest BCUT2D eigenvalue weighted by Gasteiger charge is 2.13. The number of hydrogen-bond donors (Lipinski definition) is 2. The molecule has 0 saturated heterocycles. The van der Waals surface area contributed by atoms with E-state index in [0.717, 1.165) is 36.6 Å². The van der Waals surface area contributed by atoms with Gasteiger partial charge in [0.15, 0.2) is 17.3 Å². The fraction of sp³-hybridized carbons (Fsp3) is 0.500. The van der Waals surface area contributed by atoms with Crippen LogP contribution < -0.4 is 9.47 Å². The zero-order valence-corrected chi connectivity index (χ0v) is 23.6. The van der Waals surface area contributed by atoms with E-state index in [9.17, 15) is 0 Å². The first-order valence-electron chi connectivity index (χ1n) is 11.8. The molecule has 5 nitrogen and oxygen atoms in total. The Morgan fingerprint density at radius 3 is 2.15 bits per heavy atom. The van der Waals surface area contributed by atoms with Crippen molar-refractivity contribution in [2.75, 3.05) is 33.2 Å². The summed E-state index contributed by atoms with van der Waals surface area (Å²) in [5.41, 5.74) is 4.77. The quantitative estimate of drug-likeness (QED) is 0.186. The van der Waals surface area contributed by atoms with Crippen LogP contribution in [0.2, 0.25) is 0 Å². The van der Waals surface area contributed by atoms with Gasteiger partial charge in [-0.3, -0.25) is 5.41 Å². The van der Waals surface area contributed by atoms with Gasteiger partial charge in [-0.2, -0.15) is 0 Å². The maximum absolute atomic E-state index is 7.48. The molecule has 0 amide bonds. The van der Waals surface area contributed by atoms with E-state index in [1.54, 1.807) is 7.11 Å². The predicted molar refractivity (Wildman–Crippen MR) is 152 cm³/mol. The zero-order chi connectivity index (χ0) is 26.3. The van der Waals surface area contributed by atoms with Gasteiger partial charge >= 0.3 is 0 Å². The average molecular weight is 488 g/mol. The molecule has 2 rings (SSSR count). The Kier molecular flexibility index (Phi) is 15.2. The van der Waals surface area contributed by atoms with Gasteiger partial charge < -0.3 is 14.4 Å². The van der Waals surface area contributed by atoms with E-state index in [4.69, 9.17) is 14.9 Å². The first-order valence-corrected chi connectivity index (χ1v) is 12.5. The molecule has 0 aliphatic carbocycles. The predicted octanol–water partition coefficient (Wildman–Crippen LogP) is 6.80. The molecule has 0 fully saturated rings. The molecule has 1 N–H and O–H groups in total. The van der Waals surface area contributed by atoms with Crippen molar-refractivity contribution in [3.8, 4) is 11.5 Å². The molecule has 2 aromatic rings. The summed E-state index contributed by atoms with van der Waals surface area (Å²) in [6.07, 6.45) is 1.02. The molecule has 0 atom stereocenters. The first kappa shape index (κ1) is 31.7. The fourth-order valence-corrected chi connectivity index (χ4v) is 3.14. The van der Waals surface area contributed by atoms with Gasteiger partial charge in [-0.15, -0.1) is 12.6 Å². The van der Waals surface area contributed by atoms with Crippen LogP contribution in [0, 0.1) is 12.3 Å². The van der Waals surface area contributed by atoms with Gasteiger partial charge in [-0.1, -0.05) is 65.8 Å². The number of aryl methyl sites for hydroxylation is 1. The maximum atomic E-state index is 7.48. The van der Waals surface area contributed by atoms with E-state index in [1.165, 1.54) is 16.7 Å². The van der Waals surface area contributed by atoms with Crippen LogP contribution in [0.5, 0.6) is 11.5 Å².